The van der Waals surface area contributed by atoms with E-state index in [0.29, 0.717) is 16.7 Å². The summed E-state index contributed by atoms with van der Waals surface area (Å²) < 4.78 is 28.1. The summed E-state index contributed by atoms with van der Waals surface area (Å²) in [6.45, 7) is 1.83. The average molecular weight is 388 g/mol. The molecule has 0 atom stereocenters. The number of sulfonamides is 1. The van der Waals surface area contributed by atoms with Crippen LogP contribution in [0.4, 0.5) is 5.69 Å². The molecule has 2 heterocycles. The molecule has 0 fully saturated rings. The van der Waals surface area contributed by atoms with Crippen LogP contribution in [-0.2, 0) is 10.0 Å². The highest BCUT2D eigenvalue weighted by Crippen LogP contribution is 2.31. The Balaban J connectivity index is 1.98. The van der Waals surface area contributed by atoms with E-state index < -0.39 is 10.0 Å². The molecule has 0 amide bonds. The molecule has 0 unspecified atom stereocenters. The van der Waals surface area contributed by atoms with Gasteiger partial charge < -0.3 is 9.97 Å². The first-order valence-electron chi connectivity index (χ1n) is 5.86. The van der Waals surface area contributed by atoms with Gasteiger partial charge in [0.15, 0.2) is 0 Å². The van der Waals surface area contributed by atoms with Crippen LogP contribution in [0.1, 0.15) is 5.56 Å². The second-order valence-electron chi connectivity index (χ2n) is 4.47. The van der Waals surface area contributed by atoms with Gasteiger partial charge in [-0.25, -0.2) is 13.2 Å². The van der Waals surface area contributed by atoms with Crippen molar-refractivity contribution in [2.24, 2.45) is 0 Å². The molecule has 0 radical (unpaired) electrons. The van der Waals surface area contributed by atoms with E-state index in [2.05, 4.69) is 30.6 Å². The molecule has 6 nitrogen and oxygen atoms in total. The quantitative estimate of drug-likeness (QED) is 0.644. The summed E-state index contributed by atoms with van der Waals surface area (Å²) in [5.41, 5.74) is 2.09. The second kappa shape index (κ2) is 5.00. The molecule has 3 aromatic rings. The molecule has 3 N–H and O–H groups in total. The van der Waals surface area contributed by atoms with E-state index in [9.17, 15) is 13.2 Å². The Bertz CT molecular complexity index is 965. The standard InChI is InChI=1S/C12H10BrN3O3S2/c1-6-4-10(20-11(6)13)21(18,19)16-7-2-3-8-9(5-7)15-12(17)14-8/h2-5,16H,1H3,(H2,14,15,17). The summed E-state index contributed by atoms with van der Waals surface area (Å²) in [4.78, 5) is 16.4. The van der Waals surface area contributed by atoms with Crippen molar-refractivity contribution in [3.8, 4) is 0 Å². The average Bonchev–Trinajstić information content (AvgIpc) is 2.91. The van der Waals surface area contributed by atoms with Crippen LogP contribution in [0.2, 0.25) is 0 Å². The summed E-state index contributed by atoms with van der Waals surface area (Å²) in [6, 6.07) is 6.41. The molecule has 21 heavy (non-hydrogen) atoms. The third-order valence-electron chi connectivity index (χ3n) is 2.87. The van der Waals surface area contributed by atoms with Gasteiger partial charge in [-0.15, -0.1) is 11.3 Å². The molecular formula is C12H10BrN3O3S2. The summed E-state index contributed by atoms with van der Waals surface area (Å²) in [5.74, 6) is 0. The van der Waals surface area contributed by atoms with Gasteiger partial charge in [-0.2, -0.15) is 0 Å². The topological polar surface area (TPSA) is 94.8 Å². The number of hydrogen-bond donors (Lipinski definition) is 3. The normalized spacial score (nSPS) is 11.9. The van der Waals surface area contributed by atoms with E-state index in [1.165, 1.54) is 0 Å². The van der Waals surface area contributed by atoms with Crippen LogP contribution in [-0.4, -0.2) is 18.4 Å². The van der Waals surface area contributed by atoms with Crippen molar-refractivity contribution >= 4 is 54.0 Å². The van der Waals surface area contributed by atoms with Crippen molar-refractivity contribution < 1.29 is 8.42 Å². The highest BCUT2D eigenvalue weighted by Gasteiger charge is 2.18. The minimum absolute atomic E-state index is 0.231. The number of aryl methyl sites for hydroxylation is 1. The van der Waals surface area contributed by atoms with Crippen molar-refractivity contribution in [2.45, 2.75) is 11.1 Å². The molecule has 0 aliphatic rings. The summed E-state index contributed by atoms with van der Waals surface area (Å²) in [6.07, 6.45) is 0. The van der Waals surface area contributed by atoms with Gasteiger partial charge in [-0.05, 0) is 52.7 Å². The van der Waals surface area contributed by atoms with Crippen molar-refractivity contribution in [2.75, 3.05) is 4.72 Å². The lowest BCUT2D eigenvalue weighted by molar-refractivity contribution is 0.603. The molecular weight excluding hydrogens is 378 g/mol. The number of nitrogens with one attached hydrogen (secondary N) is 3. The molecule has 0 aliphatic heterocycles. The zero-order chi connectivity index (χ0) is 15.2. The summed E-state index contributed by atoms with van der Waals surface area (Å²) in [7, 11) is -3.64. The number of thiophene rings is 1. The predicted molar refractivity (Wildman–Crippen MR) is 86.5 cm³/mol. The fraction of sp³-hybridized carbons (Fsp3) is 0.0833. The molecule has 9 heteroatoms. The first kappa shape index (κ1) is 14.4. The van der Waals surface area contributed by atoms with Crippen LogP contribution in [0.25, 0.3) is 11.0 Å². The van der Waals surface area contributed by atoms with Crippen LogP contribution >= 0.6 is 27.3 Å². The van der Waals surface area contributed by atoms with Crippen molar-refractivity contribution in [3.05, 3.63) is 44.1 Å². The van der Waals surface area contributed by atoms with Gasteiger partial charge in [0.05, 0.1) is 20.5 Å². The Kier molecular flexibility index (Phi) is 3.42. The first-order valence-corrected chi connectivity index (χ1v) is 8.95. The van der Waals surface area contributed by atoms with E-state index in [1.54, 1.807) is 24.3 Å². The Hall–Kier alpha value is -1.58. The lowest BCUT2D eigenvalue weighted by Crippen LogP contribution is -2.11. The fourth-order valence-electron chi connectivity index (χ4n) is 1.87. The first-order chi connectivity index (χ1) is 9.85. The Labute approximate surface area is 132 Å². The van der Waals surface area contributed by atoms with Gasteiger partial charge in [-0.3, -0.25) is 4.72 Å². The summed E-state index contributed by atoms with van der Waals surface area (Å²) in [5, 5.41) is 0. The highest BCUT2D eigenvalue weighted by molar-refractivity contribution is 9.11. The fourth-order valence-corrected chi connectivity index (χ4v) is 5.14. The van der Waals surface area contributed by atoms with Crippen LogP contribution in [0.5, 0.6) is 0 Å². The highest BCUT2D eigenvalue weighted by atomic mass is 79.9. The van der Waals surface area contributed by atoms with E-state index in [-0.39, 0.29) is 9.90 Å². The number of benzene rings is 1. The van der Waals surface area contributed by atoms with Crippen LogP contribution < -0.4 is 10.4 Å². The number of hydrogen-bond acceptors (Lipinski definition) is 4. The molecule has 3 rings (SSSR count). The van der Waals surface area contributed by atoms with Crippen LogP contribution in [0.15, 0.2) is 37.1 Å². The Morgan fingerprint density at radius 1 is 1.19 bits per heavy atom. The summed E-state index contributed by atoms with van der Waals surface area (Å²) >= 11 is 4.46. The number of aromatic nitrogens is 2. The minimum atomic E-state index is -3.64. The lowest BCUT2D eigenvalue weighted by atomic mass is 10.3. The number of H-pyrrole nitrogens is 2. The molecule has 110 valence electrons. The number of aromatic amines is 2. The molecule has 0 spiro atoms. The van der Waals surface area contributed by atoms with Gasteiger partial charge in [0.2, 0.25) is 0 Å². The van der Waals surface area contributed by atoms with Crippen molar-refractivity contribution in [3.63, 3.8) is 0 Å². The molecule has 1 aromatic carbocycles. The SMILES string of the molecule is Cc1cc(S(=O)(=O)Nc2ccc3[nH]c(=O)[nH]c3c2)sc1Br. The maximum absolute atomic E-state index is 12.3. The monoisotopic (exact) mass is 387 g/mol. The maximum Gasteiger partial charge on any atom is 0.323 e. The van der Waals surface area contributed by atoms with Gasteiger partial charge in [0.25, 0.3) is 10.0 Å². The Morgan fingerprint density at radius 2 is 1.90 bits per heavy atom. The zero-order valence-corrected chi connectivity index (χ0v) is 13.9. The van der Waals surface area contributed by atoms with E-state index in [0.717, 1.165) is 20.7 Å². The minimum Gasteiger partial charge on any atom is -0.306 e. The van der Waals surface area contributed by atoms with E-state index in [4.69, 9.17) is 0 Å². The number of fused-ring (bicyclic) bond motifs is 1. The molecule has 0 saturated heterocycles. The van der Waals surface area contributed by atoms with Gasteiger partial charge in [0.1, 0.15) is 4.21 Å². The zero-order valence-electron chi connectivity index (χ0n) is 10.7. The van der Waals surface area contributed by atoms with Crippen LogP contribution in [0.3, 0.4) is 0 Å². The molecule has 2 aromatic heterocycles. The lowest BCUT2D eigenvalue weighted by Gasteiger charge is -2.05. The van der Waals surface area contributed by atoms with Gasteiger partial charge in [-0.1, -0.05) is 0 Å². The maximum atomic E-state index is 12.3. The second-order valence-corrected chi connectivity index (χ2v) is 8.75. The molecule has 0 saturated carbocycles. The van der Waals surface area contributed by atoms with Gasteiger partial charge >= 0.3 is 5.69 Å². The molecule has 0 aliphatic carbocycles. The largest absolute Gasteiger partial charge is 0.323 e. The number of halogens is 1. The number of imidazole rings is 1. The van der Waals surface area contributed by atoms with Crippen molar-refractivity contribution in [1.29, 1.82) is 0 Å². The molecule has 0 bridgehead atoms. The smallest absolute Gasteiger partial charge is 0.306 e. The third kappa shape index (κ3) is 2.76. The number of anilines is 1. The van der Waals surface area contributed by atoms with E-state index >= 15 is 0 Å². The van der Waals surface area contributed by atoms with Gasteiger partial charge in [0, 0.05) is 0 Å². The number of rotatable bonds is 3. The third-order valence-corrected chi connectivity index (χ3v) is 6.86. The Morgan fingerprint density at radius 3 is 2.57 bits per heavy atom. The van der Waals surface area contributed by atoms with Crippen molar-refractivity contribution in [1.82, 2.24) is 9.97 Å². The van der Waals surface area contributed by atoms with Crippen LogP contribution in [0, 0.1) is 6.92 Å². The van der Waals surface area contributed by atoms with E-state index in [1.807, 2.05) is 6.92 Å². The predicted octanol–water partition coefficient (Wildman–Crippen LogP) is 2.79.